The molecule has 19 heavy (non-hydrogen) atoms. The van der Waals surface area contributed by atoms with Gasteiger partial charge in [0.1, 0.15) is 5.78 Å². The van der Waals surface area contributed by atoms with Crippen molar-refractivity contribution in [2.75, 3.05) is 0 Å². The van der Waals surface area contributed by atoms with Crippen LogP contribution < -0.4 is 0 Å². The first-order chi connectivity index (χ1) is 9.20. The summed E-state index contributed by atoms with van der Waals surface area (Å²) in [4.78, 5) is 24.9. The van der Waals surface area contributed by atoms with Crippen LogP contribution in [0.4, 0.5) is 0 Å². The minimum atomic E-state index is -0.111. The van der Waals surface area contributed by atoms with Crippen LogP contribution in [0.15, 0.2) is 47.9 Å². The highest BCUT2D eigenvalue weighted by atomic mass is 32.2. The number of rotatable bonds is 5. The molecule has 0 bridgehead atoms. The lowest BCUT2D eigenvalue weighted by Gasteiger charge is -2.26. The Morgan fingerprint density at radius 2 is 2.05 bits per heavy atom. The van der Waals surface area contributed by atoms with Crippen LogP contribution in [-0.2, 0) is 9.59 Å². The van der Waals surface area contributed by atoms with Gasteiger partial charge in [0.15, 0.2) is 5.78 Å². The van der Waals surface area contributed by atoms with Gasteiger partial charge in [0.25, 0.3) is 0 Å². The molecule has 0 saturated heterocycles. The second-order valence-electron chi connectivity index (χ2n) is 4.82. The average Bonchev–Trinajstić information content (AvgIpc) is 2.44. The molecule has 1 aromatic carbocycles. The Morgan fingerprint density at radius 1 is 1.32 bits per heavy atom. The molecule has 100 valence electrons. The molecule has 0 aromatic heterocycles. The van der Waals surface area contributed by atoms with Crippen LogP contribution in [0.5, 0.6) is 0 Å². The van der Waals surface area contributed by atoms with Crippen LogP contribution in [0, 0.1) is 5.92 Å². The van der Waals surface area contributed by atoms with Crippen molar-refractivity contribution in [3.63, 3.8) is 0 Å². The van der Waals surface area contributed by atoms with Crippen molar-refractivity contribution < 1.29 is 9.59 Å². The summed E-state index contributed by atoms with van der Waals surface area (Å²) in [5.74, 6) is 0.0967. The molecule has 2 unspecified atom stereocenters. The van der Waals surface area contributed by atoms with Gasteiger partial charge >= 0.3 is 0 Å². The number of benzene rings is 1. The minimum absolute atomic E-state index is 0.00114. The second kappa shape index (κ2) is 6.71. The van der Waals surface area contributed by atoms with Crippen LogP contribution in [0.1, 0.15) is 25.7 Å². The van der Waals surface area contributed by atoms with Crippen LogP contribution >= 0.6 is 11.8 Å². The van der Waals surface area contributed by atoms with Gasteiger partial charge in [0.05, 0.1) is 5.25 Å². The fourth-order valence-electron chi connectivity index (χ4n) is 2.41. The van der Waals surface area contributed by atoms with E-state index in [0.717, 1.165) is 24.2 Å². The van der Waals surface area contributed by atoms with E-state index in [4.69, 9.17) is 0 Å². The average molecular weight is 274 g/mol. The van der Waals surface area contributed by atoms with E-state index in [1.165, 1.54) is 6.08 Å². The summed E-state index contributed by atoms with van der Waals surface area (Å²) < 4.78 is 0. The first kappa shape index (κ1) is 14.1. The number of carbonyl (C=O) groups is 2. The van der Waals surface area contributed by atoms with Crippen molar-refractivity contribution in [2.24, 2.45) is 5.92 Å². The Morgan fingerprint density at radius 3 is 2.74 bits per heavy atom. The summed E-state index contributed by atoms with van der Waals surface area (Å²) in [5.41, 5.74) is 0. The molecular formula is C16H18O2S. The van der Waals surface area contributed by atoms with Gasteiger partial charge in [-0.05, 0) is 31.1 Å². The molecule has 2 nitrogen and oxygen atoms in total. The molecule has 2 atom stereocenters. The molecular weight excluding hydrogens is 256 g/mol. The Labute approximate surface area is 118 Å². The number of hydrogen-bond donors (Lipinski definition) is 0. The zero-order chi connectivity index (χ0) is 13.7. The summed E-state index contributed by atoms with van der Waals surface area (Å²) in [7, 11) is 0. The Bertz CT molecular complexity index is 467. The molecule has 0 amide bonds. The van der Waals surface area contributed by atoms with Gasteiger partial charge in [-0.3, -0.25) is 9.59 Å². The van der Waals surface area contributed by atoms with Crippen molar-refractivity contribution in [1.82, 2.24) is 0 Å². The summed E-state index contributed by atoms with van der Waals surface area (Å²) >= 11 is 1.62. The van der Waals surface area contributed by atoms with Gasteiger partial charge < -0.3 is 0 Å². The van der Waals surface area contributed by atoms with Crippen molar-refractivity contribution >= 4 is 23.3 Å². The van der Waals surface area contributed by atoms with E-state index < -0.39 is 0 Å². The van der Waals surface area contributed by atoms with E-state index >= 15 is 0 Å². The van der Waals surface area contributed by atoms with E-state index in [-0.39, 0.29) is 22.7 Å². The SMILES string of the molecule is C=CC(=O)CC1CCCC(Sc2ccccc2)C1=O. The maximum atomic E-state index is 12.4. The van der Waals surface area contributed by atoms with E-state index in [0.29, 0.717) is 6.42 Å². The predicted molar refractivity (Wildman–Crippen MR) is 78.3 cm³/mol. The standard InChI is InChI=1S/C16H18O2S/c1-2-13(17)11-12-7-6-10-15(16(12)18)19-14-8-4-3-5-9-14/h2-5,8-9,12,15H,1,6-7,10-11H2. The van der Waals surface area contributed by atoms with E-state index in [1.807, 2.05) is 30.3 Å². The first-order valence-electron chi connectivity index (χ1n) is 6.61. The quantitative estimate of drug-likeness (QED) is 0.768. The Balaban J connectivity index is 2.00. The number of Topliss-reactive ketones (excluding diaryl/α,β-unsaturated/α-hetero) is 1. The maximum absolute atomic E-state index is 12.4. The summed E-state index contributed by atoms with van der Waals surface area (Å²) in [6, 6.07) is 9.98. The van der Waals surface area contributed by atoms with Crippen LogP contribution in [0.2, 0.25) is 0 Å². The number of thioether (sulfide) groups is 1. The Kier molecular flexibility index (Phi) is 4.97. The van der Waals surface area contributed by atoms with Gasteiger partial charge in [0.2, 0.25) is 0 Å². The zero-order valence-corrected chi connectivity index (χ0v) is 11.7. The van der Waals surface area contributed by atoms with E-state index in [9.17, 15) is 9.59 Å². The third kappa shape index (κ3) is 3.80. The summed E-state index contributed by atoms with van der Waals surface area (Å²) in [6.45, 7) is 3.47. The van der Waals surface area contributed by atoms with Gasteiger partial charge in [-0.15, -0.1) is 11.8 Å². The zero-order valence-electron chi connectivity index (χ0n) is 10.9. The normalized spacial score (nSPS) is 23.1. The molecule has 1 aliphatic rings. The number of allylic oxidation sites excluding steroid dienone is 1. The molecule has 0 radical (unpaired) electrons. The van der Waals surface area contributed by atoms with Crippen molar-refractivity contribution in [2.45, 2.75) is 35.8 Å². The smallest absolute Gasteiger partial charge is 0.155 e. The van der Waals surface area contributed by atoms with Crippen LogP contribution in [0.3, 0.4) is 0 Å². The third-order valence-corrected chi connectivity index (χ3v) is 4.73. The van der Waals surface area contributed by atoms with Crippen molar-refractivity contribution in [3.8, 4) is 0 Å². The lowest BCUT2D eigenvalue weighted by Crippen LogP contribution is -2.31. The Hall–Kier alpha value is -1.35. The largest absolute Gasteiger partial charge is 0.298 e. The predicted octanol–water partition coefficient (Wildman–Crippen LogP) is 3.66. The topological polar surface area (TPSA) is 34.1 Å². The highest BCUT2D eigenvalue weighted by molar-refractivity contribution is 8.00. The lowest BCUT2D eigenvalue weighted by atomic mass is 9.84. The summed E-state index contributed by atoms with van der Waals surface area (Å²) in [5, 5.41) is -0.00114. The van der Waals surface area contributed by atoms with Crippen molar-refractivity contribution in [3.05, 3.63) is 43.0 Å². The van der Waals surface area contributed by atoms with Gasteiger partial charge in [-0.1, -0.05) is 31.2 Å². The molecule has 0 N–H and O–H groups in total. The van der Waals surface area contributed by atoms with E-state index in [2.05, 4.69) is 6.58 Å². The van der Waals surface area contributed by atoms with Crippen LogP contribution in [-0.4, -0.2) is 16.8 Å². The monoisotopic (exact) mass is 274 g/mol. The summed E-state index contributed by atoms with van der Waals surface area (Å²) in [6.07, 6.45) is 4.42. The first-order valence-corrected chi connectivity index (χ1v) is 7.49. The molecule has 1 saturated carbocycles. The molecule has 3 heteroatoms. The highest BCUT2D eigenvalue weighted by Crippen LogP contribution is 2.35. The van der Waals surface area contributed by atoms with Gasteiger partial charge in [-0.25, -0.2) is 0 Å². The van der Waals surface area contributed by atoms with Gasteiger partial charge in [0, 0.05) is 17.2 Å². The molecule has 1 aliphatic carbocycles. The number of ketones is 2. The molecule has 0 spiro atoms. The van der Waals surface area contributed by atoms with Gasteiger partial charge in [-0.2, -0.15) is 0 Å². The molecule has 2 rings (SSSR count). The van der Waals surface area contributed by atoms with Crippen molar-refractivity contribution in [1.29, 1.82) is 0 Å². The lowest BCUT2D eigenvalue weighted by molar-refractivity contribution is -0.127. The van der Waals surface area contributed by atoms with E-state index in [1.54, 1.807) is 11.8 Å². The molecule has 0 aliphatic heterocycles. The molecule has 1 aromatic rings. The minimum Gasteiger partial charge on any atom is -0.298 e. The fraction of sp³-hybridized carbons (Fsp3) is 0.375. The fourth-order valence-corrected chi connectivity index (χ4v) is 3.64. The number of hydrogen-bond acceptors (Lipinski definition) is 3. The van der Waals surface area contributed by atoms with Crippen LogP contribution in [0.25, 0.3) is 0 Å². The maximum Gasteiger partial charge on any atom is 0.155 e. The molecule has 0 heterocycles. The number of carbonyl (C=O) groups excluding carboxylic acids is 2. The highest BCUT2D eigenvalue weighted by Gasteiger charge is 2.32. The third-order valence-electron chi connectivity index (χ3n) is 3.44. The molecule has 1 fully saturated rings. The second-order valence-corrected chi connectivity index (χ2v) is 6.10.